The Morgan fingerprint density at radius 2 is 1.34 bits per heavy atom. The molecule has 13 nitrogen and oxygen atoms in total. The molecule has 0 heterocycles. The van der Waals surface area contributed by atoms with Gasteiger partial charge in [0.15, 0.2) is 0 Å². The second-order valence-corrected chi connectivity index (χ2v) is 8.38. The Bertz CT molecular complexity index is 1420. The summed E-state index contributed by atoms with van der Waals surface area (Å²) in [6, 6.07) is 16.2. The van der Waals surface area contributed by atoms with E-state index in [1.807, 2.05) is 24.0 Å². The molecule has 0 aliphatic heterocycles. The van der Waals surface area contributed by atoms with Gasteiger partial charge in [0.1, 0.15) is 29.5 Å². The molecule has 0 fully saturated rings. The third kappa shape index (κ3) is 8.39. The summed E-state index contributed by atoms with van der Waals surface area (Å²) in [6.07, 6.45) is 0.116. The van der Waals surface area contributed by atoms with Gasteiger partial charge in [-0.25, -0.2) is 4.79 Å². The molecule has 0 aliphatic carbocycles. The fraction of sp³-hybridized carbons (Fsp3) is 0.286. The summed E-state index contributed by atoms with van der Waals surface area (Å²) in [6.45, 7) is 4.80. The summed E-state index contributed by atoms with van der Waals surface area (Å²) >= 11 is 0. The van der Waals surface area contributed by atoms with Crippen LogP contribution in [-0.4, -0.2) is 50.6 Å². The van der Waals surface area contributed by atoms with Gasteiger partial charge in [0.05, 0.1) is 37.1 Å². The van der Waals surface area contributed by atoms with Crippen LogP contribution in [0.1, 0.15) is 20.3 Å². The van der Waals surface area contributed by atoms with Crippen molar-refractivity contribution in [2.75, 3.05) is 38.8 Å². The summed E-state index contributed by atoms with van der Waals surface area (Å²) in [7, 11) is 2.97. The molecule has 0 saturated carbocycles. The quantitative estimate of drug-likeness (QED) is 0.0683. The van der Waals surface area contributed by atoms with E-state index in [1.165, 1.54) is 38.5 Å². The average Bonchev–Trinajstić information content (AvgIpc) is 3.00. The van der Waals surface area contributed by atoms with Crippen LogP contribution in [0.3, 0.4) is 0 Å². The zero-order valence-electron chi connectivity index (χ0n) is 23.1. The number of carbonyl (C=O) groups excluding carboxylic acids is 2. The smallest absolute Gasteiger partial charge is 0.374 e. The second-order valence-electron chi connectivity index (χ2n) is 8.38. The number of Topliss-reactive ketones (excluding diaryl/α,β-unsaturated/α-hetero) is 1. The number of likely N-dealkylation sites (N-methyl/N-ethyl adjacent to an activating group) is 1. The Morgan fingerprint density at radius 1 is 0.829 bits per heavy atom. The van der Waals surface area contributed by atoms with Crippen molar-refractivity contribution >= 4 is 45.9 Å². The number of non-ortho nitro benzene ring substituents is 1. The van der Waals surface area contributed by atoms with Crippen molar-refractivity contribution in [3.63, 3.8) is 0 Å². The number of ether oxygens (including phenoxy) is 3. The molecule has 3 aromatic carbocycles. The predicted octanol–water partition coefficient (Wildman–Crippen LogP) is 6.79. The van der Waals surface area contributed by atoms with Crippen molar-refractivity contribution in [2.24, 2.45) is 20.5 Å². The van der Waals surface area contributed by atoms with Gasteiger partial charge in [-0.3, -0.25) is 14.9 Å². The molecule has 0 amide bonds. The molecule has 13 heteroatoms. The molecule has 0 bridgehead atoms. The fourth-order valence-corrected chi connectivity index (χ4v) is 3.56. The van der Waals surface area contributed by atoms with Crippen molar-refractivity contribution in [3.05, 3.63) is 70.8 Å². The van der Waals surface area contributed by atoms with Crippen molar-refractivity contribution in [2.45, 2.75) is 20.3 Å². The van der Waals surface area contributed by atoms with E-state index in [0.29, 0.717) is 47.3 Å². The van der Waals surface area contributed by atoms with Gasteiger partial charge < -0.3 is 19.1 Å². The Labute approximate surface area is 236 Å². The number of anilines is 1. The lowest BCUT2D eigenvalue weighted by Crippen LogP contribution is -2.29. The van der Waals surface area contributed by atoms with Crippen LogP contribution in [-0.2, 0) is 14.3 Å². The summed E-state index contributed by atoms with van der Waals surface area (Å²) in [4.78, 5) is 35.3. The van der Waals surface area contributed by atoms with Gasteiger partial charge in [-0.05, 0) is 43.3 Å². The molecule has 0 radical (unpaired) electrons. The highest BCUT2D eigenvalue weighted by Crippen LogP contribution is 2.41. The number of azo groups is 2. The topological polar surface area (TPSA) is 158 Å². The van der Waals surface area contributed by atoms with E-state index in [1.54, 1.807) is 31.2 Å². The van der Waals surface area contributed by atoms with E-state index in [-0.39, 0.29) is 18.7 Å². The van der Waals surface area contributed by atoms with Gasteiger partial charge >= 0.3 is 5.97 Å². The van der Waals surface area contributed by atoms with Crippen LogP contribution in [0.4, 0.5) is 34.1 Å². The third-order valence-electron chi connectivity index (χ3n) is 5.83. The number of hydrogen-bond acceptors (Lipinski definition) is 12. The predicted molar refractivity (Wildman–Crippen MR) is 152 cm³/mol. The maximum Gasteiger partial charge on any atom is 0.374 e. The monoisotopic (exact) mass is 562 g/mol. The minimum absolute atomic E-state index is 0.0425. The zero-order chi connectivity index (χ0) is 29.8. The standard InChI is InChI=1S/C28H30N6O7/c1-5-25(35)28(36)41-16-15-33(6-2)21-11-7-19(8-12-21)29-31-23-17-27(40-4)24(18-26(23)39-3)32-30-20-9-13-22(14-10-20)34(37)38/h7-14,17-18H,5-6,15-16H2,1-4H3. The van der Waals surface area contributed by atoms with Crippen LogP contribution >= 0.6 is 0 Å². The molecule has 0 atom stereocenters. The molecule has 41 heavy (non-hydrogen) atoms. The largest absolute Gasteiger partial charge is 0.494 e. The van der Waals surface area contributed by atoms with Crippen LogP contribution in [0.5, 0.6) is 11.5 Å². The Hall–Kier alpha value is -5.20. The van der Waals surface area contributed by atoms with E-state index >= 15 is 0 Å². The van der Waals surface area contributed by atoms with Gasteiger partial charge in [-0.1, -0.05) is 6.92 Å². The summed E-state index contributed by atoms with van der Waals surface area (Å²) in [5.41, 5.74) is 2.65. The Kier molecular flexibility index (Phi) is 11.0. The highest BCUT2D eigenvalue weighted by atomic mass is 16.6. The SMILES string of the molecule is CCC(=O)C(=O)OCCN(CC)c1ccc(N=Nc2cc(OC)c(N=Nc3ccc([N+](=O)[O-])cc3)cc2OC)cc1. The number of ketones is 1. The molecular formula is C28H30N6O7. The fourth-order valence-electron chi connectivity index (χ4n) is 3.56. The lowest BCUT2D eigenvalue weighted by Gasteiger charge is -2.22. The number of methoxy groups -OCH3 is 2. The Balaban J connectivity index is 1.71. The number of nitrogens with zero attached hydrogens (tertiary/aromatic N) is 6. The molecule has 3 aromatic rings. The molecular weight excluding hydrogens is 532 g/mol. The lowest BCUT2D eigenvalue weighted by atomic mass is 10.2. The maximum atomic E-state index is 11.6. The minimum atomic E-state index is -0.813. The molecule has 0 saturated heterocycles. The number of hydrogen-bond donors (Lipinski definition) is 0. The minimum Gasteiger partial charge on any atom is -0.494 e. The van der Waals surface area contributed by atoms with E-state index in [0.717, 1.165) is 5.69 Å². The molecule has 0 aromatic heterocycles. The van der Waals surface area contributed by atoms with Crippen molar-refractivity contribution in [3.8, 4) is 11.5 Å². The van der Waals surface area contributed by atoms with Crippen LogP contribution < -0.4 is 14.4 Å². The van der Waals surface area contributed by atoms with E-state index < -0.39 is 16.7 Å². The van der Waals surface area contributed by atoms with Gasteiger partial charge in [0.2, 0.25) is 5.78 Å². The summed E-state index contributed by atoms with van der Waals surface area (Å²) in [5, 5.41) is 27.8. The van der Waals surface area contributed by atoms with Crippen LogP contribution in [0.15, 0.2) is 81.1 Å². The number of benzene rings is 3. The molecule has 0 unspecified atom stereocenters. The Morgan fingerprint density at radius 3 is 1.78 bits per heavy atom. The van der Waals surface area contributed by atoms with Gasteiger partial charge in [0, 0.05) is 42.9 Å². The first-order chi connectivity index (χ1) is 19.8. The summed E-state index contributed by atoms with van der Waals surface area (Å²) < 4.78 is 15.9. The third-order valence-corrected chi connectivity index (χ3v) is 5.83. The van der Waals surface area contributed by atoms with Gasteiger partial charge in [-0.2, -0.15) is 10.2 Å². The maximum absolute atomic E-state index is 11.6. The normalized spacial score (nSPS) is 11.0. The molecule has 3 rings (SSSR count). The van der Waals surface area contributed by atoms with Crippen LogP contribution in [0.2, 0.25) is 0 Å². The summed E-state index contributed by atoms with van der Waals surface area (Å²) in [5.74, 6) is -0.594. The number of carbonyl (C=O) groups is 2. The van der Waals surface area contributed by atoms with Crippen LogP contribution in [0.25, 0.3) is 0 Å². The van der Waals surface area contributed by atoms with Crippen molar-refractivity contribution in [1.82, 2.24) is 0 Å². The lowest BCUT2D eigenvalue weighted by molar-refractivity contribution is -0.384. The number of nitro benzene ring substituents is 1. The first kappa shape index (κ1) is 30.3. The van der Waals surface area contributed by atoms with E-state index in [9.17, 15) is 19.7 Å². The van der Waals surface area contributed by atoms with Crippen molar-refractivity contribution < 1.29 is 28.7 Å². The highest BCUT2D eigenvalue weighted by Gasteiger charge is 2.14. The molecule has 0 spiro atoms. The first-order valence-electron chi connectivity index (χ1n) is 12.7. The van der Waals surface area contributed by atoms with Gasteiger partial charge in [0.25, 0.3) is 5.69 Å². The van der Waals surface area contributed by atoms with E-state index in [2.05, 4.69) is 20.5 Å². The van der Waals surface area contributed by atoms with Gasteiger partial charge in [-0.15, -0.1) is 10.2 Å². The number of esters is 1. The highest BCUT2D eigenvalue weighted by molar-refractivity contribution is 6.33. The molecule has 214 valence electrons. The van der Waals surface area contributed by atoms with Crippen LogP contribution in [0, 0.1) is 10.1 Å². The average molecular weight is 563 g/mol. The number of rotatable bonds is 14. The zero-order valence-corrected chi connectivity index (χ0v) is 23.1. The number of nitro groups is 1. The molecule has 0 aliphatic rings. The van der Waals surface area contributed by atoms with E-state index in [4.69, 9.17) is 14.2 Å². The second kappa shape index (κ2) is 14.8. The van der Waals surface area contributed by atoms with Crippen molar-refractivity contribution in [1.29, 1.82) is 0 Å². The first-order valence-corrected chi connectivity index (χ1v) is 12.7. The molecule has 0 N–H and O–H groups in total.